The lowest BCUT2D eigenvalue weighted by Crippen LogP contribution is -1.97. The fourth-order valence-electron chi connectivity index (χ4n) is 2.61. The zero-order valence-electron chi connectivity index (χ0n) is 14.9. The molecule has 0 amide bonds. The van der Waals surface area contributed by atoms with Crippen LogP contribution in [0, 0.1) is 0 Å². The SMILES string of the molecule is CCCCCCCCCCc1ccc(C=CCOC(C)=O)cc1. The molecule has 0 N–H and O–H groups in total. The number of ether oxygens (including phenoxy) is 1. The van der Waals surface area contributed by atoms with Gasteiger partial charge in [0.1, 0.15) is 6.61 Å². The van der Waals surface area contributed by atoms with Crippen LogP contribution in [0.1, 0.15) is 76.3 Å². The highest BCUT2D eigenvalue weighted by atomic mass is 16.5. The van der Waals surface area contributed by atoms with Gasteiger partial charge < -0.3 is 4.74 Å². The predicted octanol–water partition coefficient (Wildman–Crippen LogP) is 5.95. The van der Waals surface area contributed by atoms with E-state index in [2.05, 4.69) is 31.2 Å². The smallest absolute Gasteiger partial charge is 0.302 e. The van der Waals surface area contributed by atoms with Gasteiger partial charge >= 0.3 is 5.97 Å². The zero-order valence-corrected chi connectivity index (χ0v) is 14.9. The molecule has 2 heteroatoms. The second-order valence-corrected chi connectivity index (χ2v) is 6.17. The number of hydrogen-bond acceptors (Lipinski definition) is 2. The second kappa shape index (κ2) is 12.9. The topological polar surface area (TPSA) is 26.3 Å². The first-order valence-electron chi connectivity index (χ1n) is 9.11. The molecule has 1 rings (SSSR count). The zero-order chi connectivity index (χ0) is 16.8. The Morgan fingerprint density at radius 2 is 1.57 bits per heavy atom. The van der Waals surface area contributed by atoms with Crippen molar-refractivity contribution in [2.75, 3.05) is 6.61 Å². The Hall–Kier alpha value is -1.57. The van der Waals surface area contributed by atoms with Crippen LogP contribution in [0.2, 0.25) is 0 Å². The molecule has 0 atom stereocenters. The number of carbonyl (C=O) groups is 1. The standard InChI is InChI=1S/C21H32O2/c1-3-4-5-6-7-8-9-10-12-20-14-16-21(17-15-20)13-11-18-23-19(2)22/h11,13-17H,3-10,12,18H2,1-2H3. The number of esters is 1. The molecule has 1 aromatic rings. The minimum absolute atomic E-state index is 0.240. The summed E-state index contributed by atoms with van der Waals surface area (Å²) in [5.41, 5.74) is 2.56. The van der Waals surface area contributed by atoms with Crippen molar-refractivity contribution in [3.05, 3.63) is 41.5 Å². The Bertz CT molecular complexity index is 445. The van der Waals surface area contributed by atoms with Gasteiger partial charge in [-0.15, -0.1) is 0 Å². The van der Waals surface area contributed by atoms with E-state index in [9.17, 15) is 4.79 Å². The fourth-order valence-corrected chi connectivity index (χ4v) is 2.61. The number of unbranched alkanes of at least 4 members (excludes halogenated alkanes) is 7. The fraction of sp³-hybridized carbons (Fsp3) is 0.571. The number of benzene rings is 1. The maximum atomic E-state index is 10.7. The first-order valence-corrected chi connectivity index (χ1v) is 9.11. The molecule has 0 heterocycles. The van der Waals surface area contributed by atoms with E-state index in [1.54, 1.807) is 0 Å². The van der Waals surface area contributed by atoms with Gasteiger partial charge in [0.25, 0.3) is 0 Å². The van der Waals surface area contributed by atoms with Crippen molar-refractivity contribution in [1.82, 2.24) is 0 Å². The molecule has 128 valence electrons. The van der Waals surface area contributed by atoms with E-state index in [0.29, 0.717) is 6.61 Å². The highest BCUT2D eigenvalue weighted by molar-refractivity contribution is 5.66. The van der Waals surface area contributed by atoms with Gasteiger partial charge in [-0.05, 0) is 30.0 Å². The van der Waals surface area contributed by atoms with Crippen LogP contribution in [-0.2, 0) is 16.0 Å². The van der Waals surface area contributed by atoms with Gasteiger partial charge in [0, 0.05) is 6.92 Å². The van der Waals surface area contributed by atoms with Gasteiger partial charge in [-0.2, -0.15) is 0 Å². The van der Waals surface area contributed by atoms with Crippen LogP contribution in [0.15, 0.2) is 30.3 Å². The van der Waals surface area contributed by atoms with Crippen molar-refractivity contribution >= 4 is 12.0 Å². The Kier molecular flexibility index (Phi) is 10.9. The third kappa shape index (κ3) is 10.7. The lowest BCUT2D eigenvalue weighted by atomic mass is 10.0. The van der Waals surface area contributed by atoms with E-state index in [1.807, 2.05) is 12.2 Å². The number of hydrogen-bond donors (Lipinski definition) is 0. The summed E-state index contributed by atoms with van der Waals surface area (Å²) in [6, 6.07) is 8.66. The summed E-state index contributed by atoms with van der Waals surface area (Å²) < 4.78 is 4.87. The molecule has 0 fully saturated rings. The average molecular weight is 316 g/mol. The molecule has 1 aromatic carbocycles. The van der Waals surface area contributed by atoms with Gasteiger partial charge in [-0.1, -0.05) is 82.2 Å². The van der Waals surface area contributed by atoms with Crippen LogP contribution < -0.4 is 0 Å². The second-order valence-electron chi connectivity index (χ2n) is 6.17. The summed E-state index contributed by atoms with van der Waals surface area (Å²) in [5.74, 6) is -0.240. The molecule has 0 aliphatic carbocycles. The van der Waals surface area contributed by atoms with Crippen LogP contribution in [-0.4, -0.2) is 12.6 Å². The Morgan fingerprint density at radius 3 is 2.17 bits per heavy atom. The largest absolute Gasteiger partial charge is 0.462 e. The number of carbonyl (C=O) groups excluding carboxylic acids is 1. The van der Waals surface area contributed by atoms with Crippen LogP contribution in [0.3, 0.4) is 0 Å². The summed E-state index contributed by atoms with van der Waals surface area (Å²) in [7, 11) is 0. The summed E-state index contributed by atoms with van der Waals surface area (Å²) in [4.78, 5) is 10.7. The van der Waals surface area contributed by atoms with Crippen molar-refractivity contribution in [1.29, 1.82) is 0 Å². The molecule has 0 bridgehead atoms. The highest BCUT2D eigenvalue weighted by Gasteiger charge is 1.95. The van der Waals surface area contributed by atoms with Crippen molar-refractivity contribution in [3.8, 4) is 0 Å². The maximum absolute atomic E-state index is 10.7. The summed E-state index contributed by atoms with van der Waals surface area (Å²) >= 11 is 0. The third-order valence-corrected chi connectivity index (χ3v) is 3.99. The maximum Gasteiger partial charge on any atom is 0.302 e. The lowest BCUT2D eigenvalue weighted by Gasteiger charge is -2.03. The summed E-state index contributed by atoms with van der Waals surface area (Å²) in [5, 5.41) is 0. The minimum atomic E-state index is -0.240. The molecule has 0 aliphatic heterocycles. The molecule has 2 nitrogen and oxygen atoms in total. The van der Waals surface area contributed by atoms with Gasteiger partial charge in [0.05, 0.1) is 0 Å². The van der Waals surface area contributed by atoms with Crippen LogP contribution in [0.5, 0.6) is 0 Å². The van der Waals surface area contributed by atoms with Crippen LogP contribution >= 0.6 is 0 Å². The van der Waals surface area contributed by atoms with Gasteiger partial charge in [0.2, 0.25) is 0 Å². The Morgan fingerprint density at radius 1 is 0.957 bits per heavy atom. The first-order chi connectivity index (χ1) is 11.2. The average Bonchev–Trinajstić information content (AvgIpc) is 2.55. The van der Waals surface area contributed by atoms with E-state index >= 15 is 0 Å². The molecule has 0 radical (unpaired) electrons. The Balaban J connectivity index is 2.13. The molecular weight excluding hydrogens is 284 g/mol. The van der Waals surface area contributed by atoms with Gasteiger partial charge in [-0.3, -0.25) is 4.79 Å². The molecule has 0 aliphatic rings. The third-order valence-electron chi connectivity index (χ3n) is 3.99. The first kappa shape index (κ1) is 19.5. The quantitative estimate of drug-likeness (QED) is 0.352. The predicted molar refractivity (Wildman–Crippen MR) is 98.4 cm³/mol. The van der Waals surface area contributed by atoms with E-state index < -0.39 is 0 Å². The molecular formula is C21H32O2. The normalized spacial score (nSPS) is 11.0. The van der Waals surface area contributed by atoms with E-state index in [0.717, 1.165) is 5.56 Å². The van der Waals surface area contributed by atoms with Crippen molar-refractivity contribution < 1.29 is 9.53 Å². The molecule has 0 aromatic heterocycles. The Labute approximate surface area is 141 Å². The van der Waals surface area contributed by atoms with Crippen molar-refractivity contribution in [2.45, 2.75) is 71.6 Å². The molecule has 0 unspecified atom stereocenters. The minimum Gasteiger partial charge on any atom is -0.462 e. The summed E-state index contributed by atoms with van der Waals surface area (Å²) in [6.07, 6.45) is 16.0. The molecule has 0 spiro atoms. The number of aryl methyl sites for hydroxylation is 1. The van der Waals surface area contributed by atoms with Crippen molar-refractivity contribution in [2.24, 2.45) is 0 Å². The molecule has 0 saturated carbocycles. The highest BCUT2D eigenvalue weighted by Crippen LogP contribution is 2.12. The van der Waals surface area contributed by atoms with E-state index in [4.69, 9.17) is 4.74 Å². The van der Waals surface area contributed by atoms with E-state index in [-0.39, 0.29) is 5.97 Å². The van der Waals surface area contributed by atoms with Crippen LogP contribution in [0.25, 0.3) is 6.08 Å². The van der Waals surface area contributed by atoms with E-state index in [1.165, 1.54) is 70.3 Å². The molecule has 0 saturated heterocycles. The van der Waals surface area contributed by atoms with Gasteiger partial charge in [0.15, 0.2) is 0 Å². The van der Waals surface area contributed by atoms with Gasteiger partial charge in [-0.25, -0.2) is 0 Å². The number of rotatable bonds is 12. The monoisotopic (exact) mass is 316 g/mol. The lowest BCUT2D eigenvalue weighted by molar-refractivity contribution is -0.139. The summed E-state index contributed by atoms with van der Waals surface area (Å²) in [6.45, 7) is 4.03. The van der Waals surface area contributed by atoms with Crippen LogP contribution in [0.4, 0.5) is 0 Å². The van der Waals surface area contributed by atoms with Crippen molar-refractivity contribution in [3.63, 3.8) is 0 Å². The molecule has 23 heavy (non-hydrogen) atoms.